The zero-order valence-corrected chi connectivity index (χ0v) is 16.1. The first-order chi connectivity index (χ1) is 13.9. The van der Waals surface area contributed by atoms with Crippen LogP contribution in [0.3, 0.4) is 0 Å². The van der Waals surface area contributed by atoms with Crippen molar-refractivity contribution in [1.82, 2.24) is 14.9 Å². The van der Waals surface area contributed by atoms with Crippen LogP contribution < -0.4 is 10.5 Å². The summed E-state index contributed by atoms with van der Waals surface area (Å²) in [4.78, 5) is 16.9. The minimum atomic E-state index is -3.73. The molecular formula is C21H18N4O3S. The fourth-order valence-electron chi connectivity index (χ4n) is 3.03. The van der Waals surface area contributed by atoms with Crippen LogP contribution in [0.5, 0.6) is 0 Å². The van der Waals surface area contributed by atoms with Crippen LogP contribution in [0, 0.1) is 0 Å². The molecule has 0 bridgehead atoms. The second kappa shape index (κ2) is 7.50. The lowest BCUT2D eigenvalue weighted by molar-refractivity contribution is 0.0951. The lowest BCUT2D eigenvalue weighted by Gasteiger charge is -2.07. The molecular weight excluding hydrogens is 388 g/mol. The number of carbonyl (C=O) groups excluding carboxylic acids is 1. The van der Waals surface area contributed by atoms with Gasteiger partial charge in [0.2, 0.25) is 10.0 Å². The fraction of sp³-hybridized carbons (Fsp3) is 0.0476. The van der Waals surface area contributed by atoms with E-state index in [4.69, 9.17) is 5.14 Å². The van der Waals surface area contributed by atoms with E-state index in [1.54, 1.807) is 30.6 Å². The smallest absolute Gasteiger partial charge is 0.251 e. The molecule has 8 heteroatoms. The highest BCUT2D eigenvalue weighted by Crippen LogP contribution is 2.19. The Morgan fingerprint density at radius 1 is 1.00 bits per heavy atom. The van der Waals surface area contributed by atoms with E-state index in [1.807, 2.05) is 41.0 Å². The van der Waals surface area contributed by atoms with Crippen molar-refractivity contribution in [2.75, 3.05) is 0 Å². The van der Waals surface area contributed by atoms with E-state index in [1.165, 1.54) is 12.1 Å². The van der Waals surface area contributed by atoms with Gasteiger partial charge < -0.3 is 5.32 Å². The van der Waals surface area contributed by atoms with Crippen molar-refractivity contribution in [1.29, 1.82) is 0 Å². The summed E-state index contributed by atoms with van der Waals surface area (Å²) in [6.45, 7) is 0.264. The first-order valence-corrected chi connectivity index (χ1v) is 10.4. The summed E-state index contributed by atoms with van der Waals surface area (Å²) < 4.78 is 24.6. The van der Waals surface area contributed by atoms with E-state index in [2.05, 4.69) is 10.3 Å². The molecule has 0 unspecified atom stereocenters. The number of sulfonamides is 1. The number of para-hydroxylation sites is 1. The lowest BCUT2D eigenvalue weighted by atomic mass is 10.1. The number of nitrogens with two attached hydrogens (primary N) is 1. The molecule has 0 atom stereocenters. The lowest BCUT2D eigenvalue weighted by Crippen LogP contribution is -2.22. The molecule has 1 aromatic heterocycles. The van der Waals surface area contributed by atoms with Gasteiger partial charge in [0.25, 0.3) is 5.91 Å². The molecule has 29 heavy (non-hydrogen) atoms. The van der Waals surface area contributed by atoms with Gasteiger partial charge in [-0.05, 0) is 48.0 Å². The molecule has 0 saturated carbocycles. The van der Waals surface area contributed by atoms with Crippen LogP contribution >= 0.6 is 0 Å². The van der Waals surface area contributed by atoms with E-state index in [0.717, 1.165) is 22.3 Å². The van der Waals surface area contributed by atoms with E-state index in [-0.39, 0.29) is 17.3 Å². The van der Waals surface area contributed by atoms with Gasteiger partial charge in [-0.15, -0.1) is 0 Å². The predicted molar refractivity (Wildman–Crippen MR) is 110 cm³/mol. The molecule has 7 nitrogen and oxygen atoms in total. The molecule has 4 rings (SSSR count). The van der Waals surface area contributed by atoms with Gasteiger partial charge in [0.15, 0.2) is 0 Å². The molecule has 1 amide bonds. The number of fused-ring (bicyclic) bond motifs is 1. The van der Waals surface area contributed by atoms with Crippen LogP contribution in [-0.2, 0) is 16.6 Å². The van der Waals surface area contributed by atoms with E-state index < -0.39 is 10.0 Å². The molecule has 1 heterocycles. The Bertz CT molecular complexity index is 1280. The number of carbonyl (C=O) groups is 1. The SMILES string of the molecule is NS(=O)(=O)c1ccc(CNC(=O)c2ccc3c(c2)ncn3-c2ccccc2)cc1. The summed E-state index contributed by atoms with van der Waals surface area (Å²) in [5.74, 6) is -0.239. The molecule has 3 N–H and O–H groups in total. The molecule has 0 saturated heterocycles. The second-order valence-corrected chi connectivity index (χ2v) is 8.09. The van der Waals surface area contributed by atoms with Crippen LogP contribution in [0.25, 0.3) is 16.7 Å². The third-order valence-corrected chi connectivity index (χ3v) is 5.48. The molecule has 0 aliphatic carbocycles. The highest BCUT2D eigenvalue weighted by atomic mass is 32.2. The monoisotopic (exact) mass is 406 g/mol. The number of nitrogens with one attached hydrogen (secondary N) is 1. The quantitative estimate of drug-likeness (QED) is 0.531. The van der Waals surface area contributed by atoms with Gasteiger partial charge in [0.05, 0.1) is 15.9 Å². The zero-order chi connectivity index (χ0) is 20.4. The van der Waals surface area contributed by atoms with Gasteiger partial charge >= 0.3 is 0 Å². The summed E-state index contributed by atoms with van der Waals surface area (Å²) in [5, 5.41) is 7.91. The largest absolute Gasteiger partial charge is 0.348 e. The van der Waals surface area contributed by atoms with Crippen molar-refractivity contribution in [3.63, 3.8) is 0 Å². The van der Waals surface area contributed by atoms with Gasteiger partial charge in [-0.1, -0.05) is 30.3 Å². The maximum atomic E-state index is 12.5. The number of primary sulfonamides is 1. The third-order valence-electron chi connectivity index (χ3n) is 4.55. The summed E-state index contributed by atoms with van der Waals surface area (Å²) in [7, 11) is -3.73. The Balaban J connectivity index is 1.49. The van der Waals surface area contributed by atoms with Gasteiger partial charge in [0, 0.05) is 17.8 Å². The average Bonchev–Trinajstić information content (AvgIpc) is 3.15. The molecule has 0 aliphatic rings. The maximum absolute atomic E-state index is 12.5. The summed E-state index contributed by atoms with van der Waals surface area (Å²) in [6.07, 6.45) is 1.73. The van der Waals surface area contributed by atoms with E-state index in [0.29, 0.717) is 5.56 Å². The first kappa shape index (κ1) is 18.9. The van der Waals surface area contributed by atoms with Crippen molar-refractivity contribution in [2.24, 2.45) is 5.14 Å². The standard InChI is InChI=1S/C21H18N4O3S/c22-29(27,28)18-9-6-15(7-10-18)13-23-21(26)16-8-11-20-19(12-16)24-14-25(20)17-4-2-1-3-5-17/h1-12,14H,13H2,(H,23,26)(H2,22,27,28). The fourth-order valence-corrected chi connectivity index (χ4v) is 3.55. The number of hydrogen-bond donors (Lipinski definition) is 2. The number of rotatable bonds is 5. The maximum Gasteiger partial charge on any atom is 0.251 e. The third kappa shape index (κ3) is 4.03. The normalized spacial score (nSPS) is 11.5. The van der Waals surface area contributed by atoms with E-state index >= 15 is 0 Å². The van der Waals surface area contributed by atoms with Crippen molar-refractivity contribution < 1.29 is 13.2 Å². The Morgan fingerprint density at radius 2 is 1.72 bits per heavy atom. The zero-order valence-electron chi connectivity index (χ0n) is 15.3. The molecule has 146 valence electrons. The first-order valence-electron chi connectivity index (χ1n) is 8.84. The highest BCUT2D eigenvalue weighted by Gasteiger charge is 2.11. The number of hydrogen-bond acceptors (Lipinski definition) is 4. The molecule has 3 aromatic carbocycles. The van der Waals surface area contributed by atoms with Crippen LogP contribution in [0.2, 0.25) is 0 Å². The summed E-state index contributed by atoms with van der Waals surface area (Å²) >= 11 is 0. The summed E-state index contributed by atoms with van der Waals surface area (Å²) in [5.41, 5.74) is 3.89. The van der Waals surface area contributed by atoms with Crippen LogP contribution in [0.1, 0.15) is 15.9 Å². The van der Waals surface area contributed by atoms with E-state index in [9.17, 15) is 13.2 Å². The predicted octanol–water partition coefficient (Wildman–Crippen LogP) is 2.60. The van der Waals surface area contributed by atoms with Crippen LogP contribution in [-0.4, -0.2) is 23.9 Å². The van der Waals surface area contributed by atoms with Gasteiger partial charge in [-0.3, -0.25) is 9.36 Å². The number of imidazole rings is 1. The minimum Gasteiger partial charge on any atom is -0.348 e. The number of nitrogens with zero attached hydrogens (tertiary/aromatic N) is 2. The highest BCUT2D eigenvalue weighted by molar-refractivity contribution is 7.89. The van der Waals surface area contributed by atoms with Gasteiger partial charge in [-0.2, -0.15) is 0 Å². The van der Waals surface area contributed by atoms with Crippen molar-refractivity contribution >= 4 is 27.0 Å². The second-order valence-electron chi connectivity index (χ2n) is 6.53. The Morgan fingerprint density at radius 3 is 2.41 bits per heavy atom. The Hall–Kier alpha value is -3.49. The van der Waals surface area contributed by atoms with Crippen molar-refractivity contribution in [3.8, 4) is 5.69 Å². The molecule has 0 radical (unpaired) electrons. The van der Waals surface area contributed by atoms with Gasteiger partial charge in [-0.25, -0.2) is 18.5 Å². The Labute approximate surface area is 167 Å². The molecule has 0 aliphatic heterocycles. The minimum absolute atomic E-state index is 0.0343. The number of aromatic nitrogens is 2. The van der Waals surface area contributed by atoms with Crippen molar-refractivity contribution in [2.45, 2.75) is 11.4 Å². The van der Waals surface area contributed by atoms with Crippen molar-refractivity contribution in [3.05, 3.63) is 90.3 Å². The summed E-state index contributed by atoms with van der Waals surface area (Å²) in [6, 6.07) is 21.3. The number of benzene rings is 3. The average molecular weight is 406 g/mol. The topological polar surface area (TPSA) is 107 Å². The van der Waals surface area contributed by atoms with Crippen LogP contribution in [0.15, 0.2) is 84.0 Å². The van der Waals surface area contributed by atoms with Gasteiger partial charge in [0.1, 0.15) is 6.33 Å². The Kier molecular flexibility index (Phi) is 4.87. The molecule has 0 spiro atoms. The molecule has 0 fully saturated rings. The molecule has 4 aromatic rings. The number of amides is 1. The van der Waals surface area contributed by atoms with Crippen LogP contribution in [0.4, 0.5) is 0 Å².